The molecule has 4 aromatic rings. The molecule has 9 nitrogen and oxygen atoms in total. The minimum absolute atomic E-state index is 0.0106. The number of aromatic nitrogens is 2. The third kappa shape index (κ3) is 5.08. The van der Waals surface area contributed by atoms with Crippen molar-refractivity contribution in [2.45, 2.75) is 13.5 Å². The van der Waals surface area contributed by atoms with Crippen molar-refractivity contribution in [3.05, 3.63) is 86.1 Å². The van der Waals surface area contributed by atoms with Crippen molar-refractivity contribution in [1.82, 2.24) is 9.78 Å². The second-order valence-electron chi connectivity index (χ2n) is 7.67. The van der Waals surface area contributed by atoms with Gasteiger partial charge in [0.2, 0.25) is 8.38 Å². The summed E-state index contributed by atoms with van der Waals surface area (Å²) in [7, 11) is -2.56. The Labute approximate surface area is 204 Å². The molecule has 0 aliphatic carbocycles. The van der Waals surface area contributed by atoms with E-state index in [0.717, 1.165) is 4.68 Å². The van der Waals surface area contributed by atoms with Crippen LogP contribution in [0.3, 0.4) is 0 Å². The first-order valence-corrected chi connectivity index (χ1v) is 12.4. The van der Waals surface area contributed by atoms with E-state index in [9.17, 15) is 24.1 Å². The van der Waals surface area contributed by atoms with Crippen LogP contribution in [0, 0.1) is 12.7 Å². The van der Waals surface area contributed by atoms with Gasteiger partial charge in [-0.3, -0.25) is 4.79 Å². The number of aliphatic imine (C=N–C) groups is 1. The molecule has 2 aromatic heterocycles. The maximum atomic E-state index is 13.7. The third-order valence-corrected chi connectivity index (χ3v) is 6.66. The topological polar surface area (TPSA) is 160 Å². The lowest BCUT2D eigenvalue weighted by molar-refractivity contribution is 0.464. The molecule has 0 aliphatic heterocycles. The van der Waals surface area contributed by atoms with Crippen LogP contribution in [0.5, 0.6) is 5.75 Å². The second kappa shape index (κ2) is 9.93. The van der Waals surface area contributed by atoms with Gasteiger partial charge in [0.25, 0.3) is 5.56 Å². The van der Waals surface area contributed by atoms with E-state index in [-0.39, 0.29) is 46.1 Å². The van der Waals surface area contributed by atoms with Crippen LogP contribution in [0.15, 0.2) is 63.0 Å². The van der Waals surface area contributed by atoms with Crippen molar-refractivity contribution in [2.24, 2.45) is 10.7 Å². The number of nitrogens with zero attached hydrogens (tertiary/aromatic N) is 3. The minimum atomic E-state index is -2.56. The predicted molar refractivity (Wildman–Crippen MR) is 136 cm³/mol. The third-order valence-electron chi connectivity index (χ3n) is 5.19. The molecule has 180 valence electrons. The van der Waals surface area contributed by atoms with E-state index in [4.69, 9.17) is 11.5 Å². The predicted octanol–water partition coefficient (Wildman–Crippen LogP) is 2.71. The number of halogens is 1. The van der Waals surface area contributed by atoms with Gasteiger partial charge >= 0.3 is 0 Å². The number of thiophene rings is 1. The van der Waals surface area contributed by atoms with Gasteiger partial charge in [0.1, 0.15) is 22.9 Å². The summed E-state index contributed by atoms with van der Waals surface area (Å²) in [5, 5.41) is 18.9. The molecule has 2 heterocycles. The van der Waals surface area contributed by atoms with Gasteiger partial charge in [-0.2, -0.15) is 16.4 Å². The Balaban J connectivity index is 1.90. The van der Waals surface area contributed by atoms with E-state index < -0.39 is 19.7 Å². The van der Waals surface area contributed by atoms with Crippen LogP contribution in [0.4, 0.5) is 15.8 Å². The van der Waals surface area contributed by atoms with Crippen molar-refractivity contribution in [3.8, 4) is 17.0 Å². The summed E-state index contributed by atoms with van der Waals surface area (Å²) in [4.78, 5) is 37.1. The van der Waals surface area contributed by atoms with E-state index in [2.05, 4.69) is 10.1 Å². The lowest BCUT2D eigenvalue weighted by atomic mass is 10.1. The highest BCUT2D eigenvalue weighted by Crippen LogP contribution is 2.32. The van der Waals surface area contributed by atoms with Crippen molar-refractivity contribution in [3.63, 3.8) is 0 Å². The Morgan fingerprint density at radius 2 is 2.00 bits per heavy atom. The molecule has 0 saturated carbocycles. The largest absolute Gasteiger partial charge is 0.505 e. The fourth-order valence-electron chi connectivity index (χ4n) is 3.45. The maximum absolute atomic E-state index is 13.7. The van der Waals surface area contributed by atoms with Crippen LogP contribution in [-0.4, -0.2) is 30.5 Å². The Hall–Kier alpha value is -3.63. The Bertz CT molecular complexity index is 1490. The molecular weight excluding hydrogens is 492 g/mol. The standard InChI is InChI=1S/C23H21FN5O4PS/c1-12-8-13(2-4-16(12)24)10-29-23(31)19(21(30)20(28-29)14-6-7-35-11-14)22(26)27-17-5-3-15(25)9-18(17)34(32)33/h2-9,11,30,32-33H,10,25H2,1H3,(H2,26,27). The van der Waals surface area contributed by atoms with Gasteiger partial charge in [0.15, 0.2) is 5.75 Å². The molecule has 0 bridgehead atoms. The average molecular weight is 513 g/mol. The molecule has 0 fully saturated rings. The van der Waals surface area contributed by atoms with Crippen molar-refractivity contribution in [1.29, 1.82) is 0 Å². The van der Waals surface area contributed by atoms with E-state index in [1.807, 2.05) is 0 Å². The van der Waals surface area contributed by atoms with E-state index >= 15 is 0 Å². The average Bonchev–Trinajstić information content (AvgIpc) is 3.34. The molecule has 0 unspecified atom stereocenters. The maximum Gasteiger partial charge on any atom is 0.281 e. The molecule has 0 aliphatic rings. The highest BCUT2D eigenvalue weighted by atomic mass is 32.1. The van der Waals surface area contributed by atoms with Gasteiger partial charge in [-0.05, 0) is 53.8 Å². The molecule has 4 rings (SSSR count). The number of anilines is 1. The number of aryl methyl sites for hydroxylation is 1. The number of benzene rings is 2. The Morgan fingerprint density at radius 1 is 1.23 bits per heavy atom. The zero-order valence-electron chi connectivity index (χ0n) is 18.4. The molecule has 0 radical (unpaired) electrons. The van der Waals surface area contributed by atoms with E-state index in [1.54, 1.807) is 29.8 Å². The number of hydrogen-bond acceptors (Lipinski definition) is 8. The highest BCUT2D eigenvalue weighted by Gasteiger charge is 2.22. The smallest absolute Gasteiger partial charge is 0.281 e. The fraction of sp³-hybridized carbons (Fsp3) is 0.0870. The zero-order chi connectivity index (χ0) is 25.3. The first kappa shape index (κ1) is 24.5. The van der Waals surface area contributed by atoms with Gasteiger partial charge in [0.05, 0.1) is 17.5 Å². The summed E-state index contributed by atoms with van der Waals surface area (Å²) in [5.74, 6) is -1.19. The van der Waals surface area contributed by atoms with Crippen LogP contribution in [0.25, 0.3) is 11.3 Å². The summed E-state index contributed by atoms with van der Waals surface area (Å²) >= 11 is 1.38. The van der Waals surface area contributed by atoms with Gasteiger partial charge in [-0.25, -0.2) is 14.1 Å². The minimum Gasteiger partial charge on any atom is -0.505 e. The van der Waals surface area contributed by atoms with Crippen LogP contribution in [0.1, 0.15) is 16.7 Å². The molecule has 0 atom stereocenters. The van der Waals surface area contributed by atoms with Crippen molar-refractivity contribution < 1.29 is 19.3 Å². The van der Waals surface area contributed by atoms with Crippen LogP contribution in [-0.2, 0) is 6.54 Å². The fourth-order valence-corrected chi connectivity index (χ4v) is 4.69. The molecule has 2 aromatic carbocycles. The number of nitrogen functional groups attached to an aromatic ring is 1. The molecule has 0 spiro atoms. The van der Waals surface area contributed by atoms with Crippen molar-refractivity contribution >= 4 is 42.2 Å². The lowest BCUT2D eigenvalue weighted by Crippen LogP contribution is -2.33. The first-order chi connectivity index (χ1) is 16.7. The summed E-state index contributed by atoms with van der Waals surface area (Å²) in [5.41, 5.74) is 13.0. The number of rotatable bonds is 6. The zero-order valence-corrected chi connectivity index (χ0v) is 20.1. The first-order valence-electron chi connectivity index (χ1n) is 10.2. The molecule has 35 heavy (non-hydrogen) atoms. The summed E-state index contributed by atoms with van der Waals surface area (Å²) in [6.45, 7) is 1.60. The van der Waals surface area contributed by atoms with Crippen LogP contribution < -0.4 is 22.3 Å². The molecular formula is C23H21FN5O4PS. The quantitative estimate of drug-likeness (QED) is 0.115. The second-order valence-corrected chi connectivity index (χ2v) is 9.51. The number of hydrogen-bond donors (Lipinski definition) is 5. The van der Waals surface area contributed by atoms with Crippen LogP contribution in [0.2, 0.25) is 0 Å². The Kier molecular flexibility index (Phi) is 6.95. The summed E-state index contributed by atoms with van der Waals surface area (Å²) < 4.78 is 14.8. The van der Waals surface area contributed by atoms with Gasteiger partial charge in [-0.1, -0.05) is 12.1 Å². The molecule has 0 saturated heterocycles. The normalized spacial score (nSPS) is 11.9. The number of amidine groups is 1. The van der Waals surface area contributed by atoms with Gasteiger partial charge < -0.3 is 26.4 Å². The van der Waals surface area contributed by atoms with Gasteiger partial charge in [-0.15, -0.1) is 0 Å². The Morgan fingerprint density at radius 3 is 2.66 bits per heavy atom. The SMILES string of the molecule is Cc1cc(Cn2nc(-c3ccsc3)c(O)c(C(N)=Nc3ccc(N)cc3P(O)O)c2=O)ccc1F. The molecule has 7 N–H and O–H groups in total. The van der Waals surface area contributed by atoms with E-state index in [0.29, 0.717) is 16.7 Å². The monoisotopic (exact) mass is 513 g/mol. The molecule has 12 heteroatoms. The van der Waals surface area contributed by atoms with E-state index in [1.165, 1.54) is 41.7 Å². The lowest BCUT2D eigenvalue weighted by Gasteiger charge is -2.14. The number of aromatic hydroxyl groups is 1. The highest BCUT2D eigenvalue weighted by molar-refractivity contribution is 7.54. The number of nitrogens with two attached hydrogens (primary N) is 2. The summed E-state index contributed by atoms with van der Waals surface area (Å²) in [6, 6.07) is 10.4. The molecule has 0 amide bonds. The van der Waals surface area contributed by atoms with Crippen LogP contribution >= 0.6 is 19.7 Å². The summed E-state index contributed by atoms with van der Waals surface area (Å²) in [6.07, 6.45) is 0. The van der Waals surface area contributed by atoms with Crippen molar-refractivity contribution in [2.75, 3.05) is 5.73 Å². The van der Waals surface area contributed by atoms with Gasteiger partial charge in [0, 0.05) is 16.6 Å².